The summed E-state index contributed by atoms with van der Waals surface area (Å²) in [6.07, 6.45) is 3.00. The summed E-state index contributed by atoms with van der Waals surface area (Å²) in [4.78, 5) is 0. The van der Waals surface area contributed by atoms with E-state index in [0.29, 0.717) is 13.1 Å². The molecule has 0 unspecified atom stereocenters. The summed E-state index contributed by atoms with van der Waals surface area (Å²) in [6.45, 7) is 1.19. The van der Waals surface area contributed by atoms with E-state index < -0.39 is 10.2 Å². The molecule has 0 aromatic rings. The van der Waals surface area contributed by atoms with Crippen molar-refractivity contribution in [3.63, 3.8) is 0 Å². The van der Waals surface area contributed by atoms with Gasteiger partial charge in [0.15, 0.2) is 0 Å². The van der Waals surface area contributed by atoms with Crippen molar-refractivity contribution in [3.05, 3.63) is 0 Å². The van der Waals surface area contributed by atoms with Crippen LogP contribution in [0.4, 0.5) is 0 Å². The molecule has 0 radical (unpaired) electrons. The molecule has 2 N–H and O–H groups in total. The summed E-state index contributed by atoms with van der Waals surface area (Å²) < 4.78 is 22.7. The maximum absolute atomic E-state index is 10.7. The van der Waals surface area contributed by atoms with Crippen molar-refractivity contribution >= 4 is 47.9 Å². The Labute approximate surface area is 97.3 Å². The van der Waals surface area contributed by atoms with Gasteiger partial charge in [-0.2, -0.15) is 12.7 Å². The Bertz CT molecular complexity index is 199. The van der Waals surface area contributed by atoms with Gasteiger partial charge in [-0.1, -0.05) is 6.42 Å². The molecule has 0 amide bonds. The molecule has 0 aromatic carbocycles. The fourth-order valence-corrected chi connectivity index (χ4v) is 1.89. The summed E-state index contributed by atoms with van der Waals surface area (Å²) in [6, 6.07) is 0. The molecule has 0 bridgehead atoms. The maximum atomic E-state index is 10.7. The molecule has 1 rings (SSSR count). The molecule has 6 heteroatoms. The van der Waals surface area contributed by atoms with Crippen LogP contribution in [0.3, 0.4) is 0 Å². The zero-order valence-corrected chi connectivity index (χ0v) is 6.60. The van der Waals surface area contributed by atoms with Crippen molar-refractivity contribution in [2.45, 2.75) is 19.3 Å². The molecule has 1 fully saturated rings. The molecular weight excluding hydrogens is 192 g/mol. The number of nitrogens with zero attached hydrogens (tertiary/aromatic N) is 1. The van der Waals surface area contributed by atoms with E-state index in [-0.39, 0.29) is 37.7 Å². The molecule has 1 aliphatic rings. The van der Waals surface area contributed by atoms with Gasteiger partial charge < -0.3 is 0 Å². The Hall–Kier alpha value is 1.13. The number of nitrogens with two attached hydrogens (primary N) is 1. The van der Waals surface area contributed by atoms with Gasteiger partial charge >= 0.3 is 37.7 Å². The molecule has 0 atom stereocenters. The second-order valence-corrected chi connectivity index (χ2v) is 4.05. The van der Waals surface area contributed by atoms with E-state index in [9.17, 15) is 8.42 Å². The van der Waals surface area contributed by atoms with Crippen LogP contribution in [0, 0.1) is 0 Å². The standard InChI is InChI=1S/C5H12N2O2S.Ca.2H/c6-10(8,9)7-4-2-1-3-5-7;;;/h1-5H2,(H2,6,8,9);;;. The van der Waals surface area contributed by atoms with Gasteiger partial charge in [0.2, 0.25) is 0 Å². The molecule has 1 aliphatic heterocycles. The molecule has 0 aromatic heterocycles. The van der Waals surface area contributed by atoms with E-state index in [1.54, 1.807) is 0 Å². The fraction of sp³-hybridized carbons (Fsp3) is 1.00. The molecule has 1 saturated heterocycles. The van der Waals surface area contributed by atoms with Crippen LogP contribution in [0.25, 0.3) is 0 Å². The summed E-state index contributed by atoms with van der Waals surface area (Å²) >= 11 is 0. The first kappa shape index (κ1) is 12.1. The quantitative estimate of drug-likeness (QED) is 0.545. The van der Waals surface area contributed by atoms with Gasteiger partial charge in [-0.15, -0.1) is 0 Å². The van der Waals surface area contributed by atoms with Gasteiger partial charge in [-0.05, 0) is 12.8 Å². The zero-order chi connectivity index (χ0) is 7.61. The Balaban J connectivity index is 0.000001000. The Morgan fingerprint density at radius 1 is 1.09 bits per heavy atom. The van der Waals surface area contributed by atoms with Gasteiger partial charge in [0.25, 0.3) is 10.2 Å². The minimum atomic E-state index is -3.39. The monoisotopic (exact) mass is 206 g/mol. The predicted octanol–water partition coefficient (Wildman–Crippen LogP) is -1.24. The molecule has 0 aliphatic carbocycles. The fourth-order valence-electron chi connectivity index (χ4n) is 1.12. The number of hydrogen-bond donors (Lipinski definition) is 1. The van der Waals surface area contributed by atoms with Crippen molar-refractivity contribution < 1.29 is 8.42 Å². The van der Waals surface area contributed by atoms with Crippen molar-refractivity contribution in [1.82, 2.24) is 4.31 Å². The third-order valence-electron chi connectivity index (χ3n) is 1.67. The Kier molecular flexibility index (Phi) is 5.50. The number of hydrogen-bond acceptors (Lipinski definition) is 2. The van der Waals surface area contributed by atoms with Crippen molar-refractivity contribution in [2.75, 3.05) is 13.1 Å². The second kappa shape index (κ2) is 4.99. The summed E-state index contributed by atoms with van der Waals surface area (Å²) in [5.74, 6) is 0. The normalized spacial score (nSPS) is 20.8. The first-order valence-corrected chi connectivity index (χ1v) is 4.89. The Morgan fingerprint density at radius 3 is 1.82 bits per heavy atom. The summed E-state index contributed by atoms with van der Waals surface area (Å²) in [7, 11) is -3.39. The average Bonchev–Trinajstić information content (AvgIpc) is 1.88. The van der Waals surface area contributed by atoms with Gasteiger partial charge in [0, 0.05) is 13.1 Å². The van der Waals surface area contributed by atoms with E-state index in [0.717, 1.165) is 19.3 Å². The molecule has 0 saturated carbocycles. The van der Waals surface area contributed by atoms with E-state index >= 15 is 0 Å². The van der Waals surface area contributed by atoms with Gasteiger partial charge in [-0.3, -0.25) is 0 Å². The SMILES string of the molecule is NS(=O)(=O)N1CCCCC1.[CaH2]. The van der Waals surface area contributed by atoms with Crippen molar-refractivity contribution in [3.8, 4) is 0 Å². The van der Waals surface area contributed by atoms with E-state index in [4.69, 9.17) is 5.14 Å². The Morgan fingerprint density at radius 2 is 1.55 bits per heavy atom. The molecular formula is C5H14CaN2O2S. The van der Waals surface area contributed by atoms with Crippen LogP contribution < -0.4 is 5.14 Å². The number of rotatable bonds is 1. The molecule has 11 heavy (non-hydrogen) atoms. The minimum absolute atomic E-state index is 0. The van der Waals surface area contributed by atoms with Crippen molar-refractivity contribution in [1.29, 1.82) is 0 Å². The van der Waals surface area contributed by atoms with Crippen LogP contribution in [0.1, 0.15) is 19.3 Å². The van der Waals surface area contributed by atoms with E-state index in [1.165, 1.54) is 4.31 Å². The summed E-state index contributed by atoms with van der Waals surface area (Å²) in [5, 5.41) is 4.91. The number of piperidine rings is 1. The molecule has 0 spiro atoms. The average molecular weight is 206 g/mol. The summed E-state index contributed by atoms with van der Waals surface area (Å²) in [5.41, 5.74) is 0. The third kappa shape index (κ3) is 4.05. The molecule has 64 valence electrons. The van der Waals surface area contributed by atoms with Crippen LogP contribution in [0.15, 0.2) is 0 Å². The van der Waals surface area contributed by atoms with Crippen LogP contribution in [-0.4, -0.2) is 63.6 Å². The van der Waals surface area contributed by atoms with Crippen LogP contribution in [-0.2, 0) is 10.2 Å². The van der Waals surface area contributed by atoms with E-state index in [1.807, 2.05) is 0 Å². The first-order chi connectivity index (χ1) is 4.61. The predicted molar refractivity (Wildman–Crippen MR) is 47.1 cm³/mol. The van der Waals surface area contributed by atoms with Gasteiger partial charge in [0.1, 0.15) is 0 Å². The molecule has 4 nitrogen and oxygen atoms in total. The topological polar surface area (TPSA) is 63.4 Å². The zero-order valence-electron chi connectivity index (χ0n) is 5.78. The van der Waals surface area contributed by atoms with Crippen LogP contribution in [0.5, 0.6) is 0 Å². The third-order valence-corrected chi connectivity index (χ3v) is 2.76. The van der Waals surface area contributed by atoms with Crippen LogP contribution >= 0.6 is 0 Å². The molecule has 1 heterocycles. The van der Waals surface area contributed by atoms with Gasteiger partial charge in [0.05, 0.1) is 0 Å². The van der Waals surface area contributed by atoms with E-state index in [2.05, 4.69) is 0 Å². The van der Waals surface area contributed by atoms with Crippen molar-refractivity contribution in [2.24, 2.45) is 5.14 Å². The van der Waals surface area contributed by atoms with Crippen LogP contribution in [0.2, 0.25) is 0 Å². The first-order valence-electron chi connectivity index (χ1n) is 3.38. The second-order valence-electron chi connectivity index (χ2n) is 2.50. The van der Waals surface area contributed by atoms with Gasteiger partial charge in [-0.25, -0.2) is 5.14 Å².